The fourth-order valence-corrected chi connectivity index (χ4v) is 1.33. The molecule has 0 heterocycles. The lowest BCUT2D eigenvalue weighted by atomic mass is 10.1. The van der Waals surface area contributed by atoms with Gasteiger partial charge in [-0.2, -0.15) is 0 Å². The number of benzene rings is 1. The number of amides is 1. The number of anilines is 1. The highest BCUT2D eigenvalue weighted by Crippen LogP contribution is 2.28. The summed E-state index contributed by atoms with van der Waals surface area (Å²) in [5.41, 5.74) is 6.37. The first-order chi connectivity index (χ1) is 7.10. The number of methoxy groups -OCH3 is 1. The summed E-state index contributed by atoms with van der Waals surface area (Å²) in [5, 5.41) is 3.01. The molecule has 0 spiro atoms. The Hall–Kier alpha value is -1.13. The second-order valence-electron chi connectivity index (χ2n) is 2.93. The number of nitrogen functional groups attached to an aromatic ring is 1. The smallest absolute Gasteiger partial charge is 0.255 e. The predicted octanol–water partition coefficient (Wildman–Crippen LogP) is 2.10. The van der Waals surface area contributed by atoms with Crippen molar-refractivity contribution < 1.29 is 9.53 Å². The largest absolute Gasteiger partial charge is 0.496 e. The highest BCUT2D eigenvalue weighted by atomic mass is 35.5. The highest BCUT2D eigenvalue weighted by Gasteiger charge is 2.13. The van der Waals surface area contributed by atoms with Crippen molar-refractivity contribution in [3.05, 3.63) is 22.7 Å². The van der Waals surface area contributed by atoms with Crippen LogP contribution in [0.15, 0.2) is 12.1 Å². The van der Waals surface area contributed by atoms with Crippen LogP contribution in [0.5, 0.6) is 5.75 Å². The number of nitrogens with one attached hydrogen (secondary N) is 1. The Balaban J connectivity index is 0.00000225. The fourth-order valence-electron chi connectivity index (χ4n) is 1.17. The molecule has 0 aliphatic heterocycles. The SMILES string of the molecule is CCNC(=O)c1cc(Cl)c(N)cc1OC.Cl. The van der Waals surface area contributed by atoms with Crippen LogP contribution in [0.4, 0.5) is 5.69 Å². The van der Waals surface area contributed by atoms with Crippen molar-refractivity contribution in [3.8, 4) is 5.75 Å². The number of halogens is 2. The quantitative estimate of drug-likeness (QED) is 0.822. The lowest BCUT2D eigenvalue weighted by molar-refractivity contribution is 0.0953. The Morgan fingerprint density at radius 3 is 2.69 bits per heavy atom. The maximum atomic E-state index is 11.6. The normalized spacial score (nSPS) is 9.19. The molecule has 0 aromatic heterocycles. The molecule has 0 atom stereocenters. The van der Waals surface area contributed by atoms with E-state index < -0.39 is 0 Å². The van der Waals surface area contributed by atoms with Gasteiger partial charge in [0.25, 0.3) is 5.91 Å². The lowest BCUT2D eigenvalue weighted by Crippen LogP contribution is -2.23. The van der Waals surface area contributed by atoms with Gasteiger partial charge >= 0.3 is 0 Å². The van der Waals surface area contributed by atoms with Gasteiger partial charge in [0.15, 0.2) is 0 Å². The minimum Gasteiger partial charge on any atom is -0.496 e. The molecule has 0 radical (unpaired) electrons. The van der Waals surface area contributed by atoms with Gasteiger partial charge in [0.05, 0.1) is 23.4 Å². The number of carbonyl (C=O) groups excluding carboxylic acids is 1. The predicted molar refractivity (Wildman–Crippen MR) is 67.7 cm³/mol. The lowest BCUT2D eigenvalue weighted by Gasteiger charge is -2.10. The second kappa shape index (κ2) is 6.45. The Morgan fingerprint density at radius 2 is 2.19 bits per heavy atom. The molecular weight excluding hydrogens is 251 g/mol. The molecule has 0 saturated heterocycles. The Morgan fingerprint density at radius 1 is 1.56 bits per heavy atom. The molecule has 1 rings (SSSR count). The van der Waals surface area contributed by atoms with E-state index in [1.807, 2.05) is 6.92 Å². The third kappa shape index (κ3) is 3.18. The first kappa shape index (κ1) is 14.9. The van der Waals surface area contributed by atoms with E-state index in [1.54, 1.807) is 0 Å². The molecule has 0 unspecified atom stereocenters. The van der Waals surface area contributed by atoms with E-state index in [0.29, 0.717) is 28.6 Å². The fraction of sp³-hybridized carbons (Fsp3) is 0.300. The summed E-state index contributed by atoms with van der Waals surface area (Å²) in [6, 6.07) is 3.04. The van der Waals surface area contributed by atoms with Gasteiger partial charge in [-0.15, -0.1) is 12.4 Å². The number of hydrogen-bond donors (Lipinski definition) is 2. The maximum Gasteiger partial charge on any atom is 0.255 e. The first-order valence-corrected chi connectivity index (χ1v) is 4.89. The van der Waals surface area contributed by atoms with Crippen molar-refractivity contribution in [2.75, 3.05) is 19.4 Å². The van der Waals surface area contributed by atoms with E-state index >= 15 is 0 Å². The molecule has 0 fully saturated rings. The van der Waals surface area contributed by atoms with Crippen LogP contribution in [-0.2, 0) is 0 Å². The molecule has 6 heteroatoms. The summed E-state index contributed by atoms with van der Waals surface area (Å²) in [6.07, 6.45) is 0. The molecule has 3 N–H and O–H groups in total. The van der Waals surface area contributed by atoms with Crippen molar-refractivity contribution in [1.29, 1.82) is 0 Å². The minimum absolute atomic E-state index is 0. The van der Waals surface area contributed by atoms with Gasteiger partial charge in [0.1, 0.15) is 5.75 Å². The van der Waals surface area contributed by atoms with Gasteiger partial charge in [-0.1, -0.05) is 11.6 Å². The van der Waals surface area contributed by atoms with Gasteiger partial charge in [-0.3, -0.25) is 4.79 Å². The molecule has 16 heavy (non-hydrogen) atoms. The second-order valence-corrected chi connectivity index (χ2v) is 3.34. The molecule has 1 aromatic rings. The maximum absolute atomic E-state index is 11.6. The topological polar surface area (TPSA) is 64.4 Å². The van der Waals surface area contributed by atoms with E-state index in [0.717, 1.165) is 0 Å². The van der Waals surface area contributed by atoms with Gasteiger partial charge < -0.3 is 15.8 Å². The molecule has 1 aromatic carbocycles. The van der Waals surface area contributed by atoms with Crippen LogP contribution in [0.1, 0.15) is 17.3 Å². The summed E-state index contributed by atoms with van der Waals surface area (Å²) < 4.78 is 5.05. The van der Waals surface area contributed by atoms with Crippen molar-refractivity contribution in [1.82, 2.24) is 5.32 Å². The van der Waals surface area contributed by atoms with E-state index in [-0.39, 0.29) is 18.3 Å². The summed E-state index contributed by atoms with van der Waals surface area (Å²) >= 11 is 5.83. The van der Waals surface area contributed by atoms with Gasteiger partial charge in [-0.05, 0) is 13.0 Å². The molecule has 0 saturated carbocycles. The third-order valence-corrected chi connectivity index (χ3v) is 2.23. The van der Waals surface area contributed by atoms with Crippen LogP contribution in [0, 0.1) is 0 Å². The number of carbonyl (C=O) groups is 1. The average Bonchev–Trinajstić information content (AvgIpc) is 2.21. The van der Waals surface area contributed by atoms with E-state index in [2.05, 4.69) is 5.32 Å². The highest BCUT2D eigenvalue weighted by molar-refractivity contribution is 6.33. The van der Waals surface area contributed by atoms with Crippen LogP contribution in [0.25, 0.3) is 0 Å². The summed E-state index contributed by atoms with van der Waals surface area (Å²) in [7, 11) is 1.48. The van der Waals surface area contributed by atoms with Crippen LogP contribution < -0.4 is 15.8 Å². The average molecular weight is 265 g/mol. The molecular formula is C10H14Cl2N2O2. The van der Waals surface area contributed by atoms with Crippen LogP contribution in [0.3, 0.4) is 0 Å². The van der Waals surface area contributed by atoms with Crippen molar-refractivity contribution >= 4 is 35.6 Å². The molecule has 4 nitrogen and oxygen atoms in total. The molecule has 1 amide bonds. The van der Waals surface area contributed by atoms with Crippen molar-refractivity contribution in [3.63, 3.8) is 0 Å². The molecule has 90 valence electrons. The van der Waals surface area contributed by atoms with E-state index in [1.165, 1.54) is 19.2 Å². The van der Waals surface area contributed by atoms with E-state index in [9.17, 15) is 4.79 Å². The summed E-state index contributed by atoms with van der Waals surface area (Å²) in [5.74, 6) is 0.194. The number of nitrogens with two attached hydrogens (primary N) is 1. The zero-order chi connectivity index (χ0) is 11.4. The Kier molecular flexibility index (Phi) is 6.00. The Labute approximate surface area is 106 Å². The summed E-state index contributed by atoms with van der Waals surface area (Å²) in [6.45, 7) is 2.38. The zero-order valence-corrected chi connectivity index (χ0v) is 10.6. The number of ether oxygens (including phenoxy) is 1. The standard InChI is InChI=1S/C10H13ClN2O2.ClH/c1-3-13-10(14)6-4-7(11)8(12)5-9(6)15-2;/h4-5H,3,12H2,1-2H3,(H,13,14);1H. The van der Waals surface area contributed by atoms with E-state index in [4.69, 9.17) is 22.1 Å². The zero-order valence-electron chi connectivity index (χ0n) is 9.04. The Bertz CT molecular complexity index is 383. The summed E-state index contributed by atoms with van der Waals surface area (Å²) in [4.78, 5) is 11.6. The third-order valence-electron chi connectivity index (χ3n) is 1.90. The molecule has 0 aliphatic carbocycles. The van der Waals surface area contributed by atoms with Gasteiger partial charge in [0, 0.05) is 12.6 Å². The molecule has 0 bridgehead atoms. The van der Waals surface area contributed by atoms with Crippen molar-refractivity contribution in [2.24, 2.45) is 0 Å². The molecule has 0 aliphatic rings. The van der Waals surface area contributed by atoms with Gasteiger partial charge in [0.2, 0.25) is 0 Å². The number of hydrogen-bond acceptors (Lipinski definition) is 3. The number of rotatable bonds is 3. The monoisotopic (exact) mass is 264 g/mol. The minimum atomic E-state index is -0.226. The first-order valence-electron chi connectivity index (χ1n) is 4.51. The van der Waals surface area contributed by atoms with Crippen LogP contribution >= 0.6 is 24.0 Å². The van der Waals surface area contributed by atoms with Crippen molar-refractivity contribution in [2.45, 2.75) is 6.92 Å². The van der Waals surface area contributed by atoms with Crippen LogP contribution in [-0.4, -0.2) is 19.6 Å². The van der Waals surface area contributed by atoms with Gasteiger partial charge in [-0.25, -0.2) is 0 Å². The van der Waals surface area contributed by atoms with Crippen LogP contribution in [0.2, 0.25) is 5.02 Å².